The molecule has 2 fully saturated rings. The minimum absolute atomic E-state index is 0.00854. The molecule has 14 nitrogen and oxygen atoms in total. The maximum atomic E-state index is 12.5. The number of oxazole rings is 1. The lowest BCUT2D eigenvalue weighted by Crippen LogP contribution is -2.38. The summed E-state index contributed by atoms with van der Waals surface area (Å²) in [7, 11) is 0. The molecule has 14 heteroatoms. The van der Waals surface area contributed by atoms with Gasteiger partial charge in [0.05, 0.1) is 18.2 Å². The number of benzene rings is 2. The number of fused-ring (bicyclic) bond motifs is 2. The molecule has 230 valence electrons. The van der Waals surface area contributed by atoms with Crippen molar-refractivity contribution < 1.29 is 52.2 Å². The van der Waals surface area contributed by atoms with Crippen molar-refractivity contribution in [1.82, 2.24) is 10.1 Å². The molecular weight excluding hydrogens is 588 g/mol. The van der Waals surface area contributed by atoms with E-state index in [0.717, 1.165) is 0 Å². The van der Waals surface area contributed by atoms with E-state index in [2.05, 4.69) is 0 Å². The number of carbonyl (C=O) groups excluding carboxylic acids is 6. The number of anilines is 1. The summed E-state index contributed by atoms with van der Waals surface area (Å²) < 4.78 is 13.8. The second-order valence-electron chi connectivity index (χ2n) is 10.2. The molecule has 0 atom stereocenters. The average Bonchev–Trinajstić information content (AvgIpc) is 3.76. The third-order valence-corrected chi connectivity index (χ3v) is 7.23. The van der Waals surface area contributed by atoms with E-state index in [0.29, 0.717) is 44.4 Å². The number of allylic oxidation sites excluding steroid dienone is 2. The number of para-hydroxylation sites is 4. The molecule has 45 heavy (non-hydrogen) atoms. The van der Waals surface area contributed by atoms with Gasteiger partial charge in [0.25, 0.3) is 29.1 Å². The van der Waals surface area contributed by atoms with Crippen molar-refractivity contribution in [3.05, 3.63) is 72.5 Å². The Morgan fingerprint density at radius 2 is 1.40 bits per heavy atom. The molecule has 3 aromatic rings. The van der Waals surface area contributed by atoms with Gasteiger partial charge in [-0.25, -0.2) is 9.59 Å². The monoisotopic (exact) mass is 615 g/mol. The minimum Gasteiger partial charge on any atom is -0.439 e. The number of ether oxygens (including phenoxy) is 1. The fourth-order valence-electron chi connectivity index (χ4n) is 5.04. The standard InChI is InChI=1S/C31H27N4O10/c36-24-12-13-25(37)34(24)44-30(40)16-18-32-20-6-1-3-8-22(20)42-28(32)10-5-11-29-33(21-7-2-4-9-23(21)43-29)19-17-31(41)45-35-26(38)14-15-27(35)39/h1-11H,12-19H2/q+1. The van der Waals surface area contributed by atoms with Gasteiger partial charge in [0, 0.05) is 38.3 Å². The fraction of sp³-hybridized carbons (Fsp3) is 0.258. The Balaban J connectivity index is 1.17. The highest BCUT2D eigenvalue weighted by molar-refractivity contribution is 6.02. The first-order valence-corrected chi connectivity index (χ1v) is 14.3. The van der Waals surface area contributed by atoms with E-state index < -0.39 is 35.6 Å². The summed E-state index contributed by atoms with van der Waals surface area (Å²) in [5.41, 5.74) is 2.00. The number of rotatable bonds is 10. The van der Waals surface area contributed by atoms with Gasteiger partial charge < -0.3 is 23.7 Å². The predicted molar refractivity (Wildman–Crippen MR) is 152 cm³/mol. The van der Waals surface area contributed by atoms with Gasteiger partial charge in [-0.3, -0.25) is 19.2 Å². The molecule has 0 radical (unpaired) electrons. The first kappa shape index (κ1) is 29.3. The van der Waals surface area contributed by atoms with Crippen LogP contribution in [0.15, 0.2) is 71.0 Å². The van der Waals surface area contributed by atoms with Gasteiger partial charge >= 0.3 is 17.8 Å². The van der Waals surface area contributed by atoms with Gasteiger partial charge in [-0.1, -0.05) is 24.3 Å². The van der Waals surface area contributed by atoms with Gasteiger partial charge in [-0.2, -0.15) is 4.57 Å². The molecule has 1 aromatic heterocycles. The van der Waals surface area contributed by atoms with Crippen molar-refractivity contribution in [2.75, 3.05) is 11.4 Å². The average molecular weight is 616 g/mol. The fourth-order valence-corrected chi connectivity index (χ4v) is 5.04. The van der Waals surface area contributed by atoms with E-state index in [1.54, 1.807) is 39.8 Å². The lowest BCUT2D eigenvalue weighted by atomic mass is 10.2. The smallest absolute Gasteiger partial charge is 0.374 e. The number of aryl methyl sites for hydroxylation is 1. The largest absolute Gasteiger partial charge is 0.439 e. The topological polar surface area (TPSA) is 157 Å². The van der Waals surface area contributed by atoms with Gasteiger partial charge in [0.2, 0.25) is 11.5 Å². The van der Waals surface area contributed by atoms with Crippen LogP contribution in [0.2, 0.25) is 0 Å². The van der Waals surface area contributed by atoms with Crippen LogP contribution in [-0.2, 0) is 45.0 Å². The molecule has 0 saturated carbocycles. The van der Waals surface area contributed by atoms with Crippen molar-refractivity contribution in [1.29, 1.82) is 0 Å². The summed E-state index contributed by atoms with van der Waals surface area (Å²) in [6, 6.07) is 14.5. The minimum atomic E-state index is -0.738. The summed E-state index contributed by atoms with van der Waals surface area (Å²) in [6.07, 6.45) is 4.80. The number of nitrogens with zero attached hydrogens (tertiary/aromatic N) is 4. The van der Waals surface area contributed by atoms with Crippen LogP contribution < -0.4 is 14.2 Å². The van der Waals surface area contributed by atoms with Crippen LogP contribution in [0.3, 0.4) is 0 Å². The van der Waals surface area contributed by atoms with E-state index in [9.17, 15) is 28.8 Å². The second-order valence-corrected chi connectivity index (χ2v) is 10.2. The van der Waals surface area contributed by atoms with E-state index in [-0.39, 0.29) is 51.6 Å². The number of hydrogen-bond donors (Lipinski definition) is 0. The molecule has 2 aromatic carbocycles. The molecular formula is C31H27N4O10+. The summed E-state index contributed by atoms with van der Waals surface area (Å²) in [6.45, 7) is 0.279. The first-order chi connectivity index (χ1) is 21.8. The molecule has 0 N–H and O–H groups in total. The lowest BCUT2D eigenvalue weighted by Gasteiger charge is -2.18. The summed E-state index contributed by atoms with van der Waals surface area (Å²) in [5, 5.41) is 1.04. The van der Waals surface area contributed by atoms with Crippen molar-refractivity contribution in [2.45, 2.75) is 45.1 Å². The maximum Gasteiger partial charge on any atom is 0.374 e. The van der Waals surface area contributed by atoms with E-state index in [1.807, 2.05) is 36.4 Å². The Bertz CT molecular complexity index is 1760. The Hall–Kier alpha value is -5.79. The summed E-state index contributed by atoms with van der Waals surface area (Å²) in [4.78, 5) is 83.9. The van der Waals surface area contributed by atoms with Crippen molar-refractivity contribution >= 4 is 58.4 Å². The molecule has 0 bridgehead atoms. The number of aromatic nitrogens is 1. The predicted octanol–water partition coefficient (Wildman–Crippen LogP) is 2.47. The zero-order valence-electron chi connectivity index (χ0n) is 23.9. The van der Waals surface area contributed by atoms with Crippen molar-refractivity contribution in [3.8, 4) is 5.75 Å². The molecule has 0 spiro atoms. The quantitative estimate of drug-likeness (QED) is 0.244. The number of amides is 4. The van der Waals surface area contributed by atoms with Crippen LogP contribution in [0.25, 0.3) is 17.2 Å². The van der Waals surface area contributed by atoms with Crippen LogP contribution in [0.4, 0.5) is 5.69 Å². The second kappa shape index (κ2) is 12.4. The molecule has 6 rings (SSSR count). The van der Waals surface area contributed by atoms with Crippen molar-refractivity contribution in [3.63, 3.8) is 0 Å². The highest BCUT2D eigenvalue weighted by Gasteiger charge is 2.35. The van der Waals surface area contributed by atoms with E-state index >= 15 is 0 Å². The van der Waals surface area contributed by atoms with Crippen LogP contribution >= 0.6 is 0 Å². The Kier molecular flexibility index (Phi) is 8.10. The number of hydrogen-bond acceptors (Lipinski definition) is 11. The van der Waals surface area contributed by atoms with E-state index in [1.165, 1.54) is 0 Å². The van der Waals surface area contributed by atoms with Crippen LogP contribution in [-0.4, -0.2) is 52.2 Å². The number of hydroxylamine groups is 4. The Labute approximate surface area is 255 Å². The zero-order valence-corrected chi connectivity index (χ0v) is 23.9. The van der Waals surface area contributed by atoms with Crippen LogP contribution in [0.5, 0.6) is 5.75 Å². The van der Waals surface area contributed by atoms with E-state index in [4.69, 9.17) is 18.8 Å². The van der Waals surface area contributed by atoms with Gasteiger partial charge in [-0.15, -0.1) is 10.1 Å². The summed E-state index contributed by atoms with van der Waals surface area (Å²) >= 11 is 0. The van der Waals surface area contributed by atoms with Crippen LogP contribution in [0.1, 0.15) is 44.4 Å². The Morgan fingerprint density at radius 3 is 2.09 bits per heavy atom. The SMILES string of the molecule is O=C(CCN1/C(=C\C=C\c2oc3ccccc3[n+]2CCC(=O)ON2C(=O)CCC2=O)Oc2ccccc21)ON1C(=O)CCC1=O. The summed E-state index contributed by atoms with van der Waals surface area (Å²) in [5.74, 6) is -2.30. The van der Waals surface area contributed by atoms with Gasteiger partial charge in [0.1, 0.15) is 6.42 Å². The highest BCUT2D eigenvalue weighted by atomic mass is 16.7. The maximum absolute atomic E-state index is 12.5. The molecule has 0 unspecified atom stereocenters. The molecule has 3 aliphatic heterocycles. The lowest BCUT2D eigenvalue weighted by molar-refractivity contribution is -0.677. The normalized spacial score (nSPS) is 17.2. The Morgan fingerprint density at radius 1 is 0.800 bits per heavy atom. The molecule has 3 aliphatic rings. The number of carbonyl (C=O) groups is 6. The molecule has 4 amide bonds. The first-order valence-electron chi connectivity index (χ1n) is 14.3. The third kappa shape index (κ3) is 6.16. The molecule has 0 aliphatic carbocycles. The van der Waals surface area contributed by atoms with Gasteiger partial charge in [0.15, 0.2) is 12.3 Å². The van der Waals surface area contributed by atoms with Crippen LogP contribution in [0, 0.1) is 0 Å². The van der Waals surface area contributed by atoms with Crippen molar-refractivity contribution in [2.24, 2.45) is 0 Å². The highest BCUT2D eigenvalue weighted by Crippen LogP contribution is 2.38. The molecule has 2 saturated heterocycles. The molecule has 4 heterocycles. The third-order valence-electron chi connectivity index (χ3n) is 7.23. The zero-order chi connectivity index (χ0) is 31.5. The van der Waals surface area contributed by atoms with Gasteiger partial charge in [-0.05, 0) is 30.4 Å². The number of imide groups is 2.